The molecule has 0 spiro atoms. The van der Waals surface area contributed by atoms with E-state index in [1.807, 2.05) is 0 Å². The maximum atomic E-state index is 5.98. The number of hydrogen-bond donors (Lipinski definition) is 0. The van der Waals surface area contributed by atoms with Crippen molar-refractivity contribution in [2.75, 3.05) is 6.61 Å². The lowest BCUT2D eigenvalue weighted by Gasteiger charge is -2.27. The van der Waals surface area contributed by atoms with Crippen LogP contribution < -0.4 is 4.74 Å². The second kappa shape index (κ2) is 7.53. The van der Waals surface area contributed by atoms with Crippen molar-refractivity contribution >= 4 is 0 Å². The van der Waals surface area contributed by atoms with E-state index in [2.05, 4.69) is 80.6 Å². The highest BCUT2D eigenvalue weighted by molar-refractivity contribution is 5.43. The van der Waals surface area contributed by atoms with Crippen molar-refractivity contribution < 1.29 is 4.74 Å². The number of benzene rings is 2. The molecule has 4 rings (SSSR count). The maximum Gasteiger partial charge on any atom is 0.123 e. The van der Waals surface area contributed by atoms with E-state index in [1.54, 1.807) is 0 Å². The number of fused-ring (bicyclic) bond motifs is 1. The van der Waals surface area contributed by atoms with Gasteiger partial charge in [-0.05, 0) is 49.3 Å². The first kappa shape index (κ1) is 17.1. The summed E-state index contributed by atoms with van der Waals surface area (Å²) >= 11 is 0. The molecule has 0 aromatic heterocycles. The lowest BCUT2D eigenvalue weighted by Crippen LogP contribution is -2.10. The highest BCUT2D eigenvalue weighted by Gasteiger charge is 2.22. The minimum atomic E-state index is 0.414. The first-order chi connectivity index (χ1) is 12.7. The van der Waals surface area contributed by atoms with Crippen LogP contribution >= 0.6 is 0 Å². The van der Waals surface area contributed by atoms with Crippen molar-refractivity contribution in [3.63, 3.8) is 0 Å². The zero-order valence-electron chi connectivity index (χ0n) is 15.8. The van der Waals surface area contributed by atoms with Gasteiger partial charge in [0.15, 0.2) is 0 Å². The smallest absolute Gasteiger partial charge is 0.123 e. The maximum absolute atomic E-state index is 5.98. The third-order valence-corrected chi connectivity index (χ3v) is 5.80. The van der Waals surface area contributed by atoms with Crippen LogP contribution in [0.15, 0.2) is 66.8 Å². The van der Waals surface area contributed by atoms with Crippen LogP contribution in [0.4, 0.5) is 0 Å². The topological polar surface area (TPSA) is 9.23 Å². The van der Waals surface area contributed by atoms with Gasteiger partial charge in [-0.3, -0.25) is 0 Å². The largest absolute Gasteiger partial charge is 0.493 e. The zero-order chi connectivity index (χ0) is 17.9. The minimum Gasteiger partial charge on any atom is -0.493 e. The molecule has 1 heteroatoms. The Balaban J connectivity index is 1.59. The first-order valence-electron chi connectivity index (χ1n) is 9.87. The first-order valence-corrected chi connectivity index (χ1v) is 9.87. The normalized spacial score (nSPS) is 26.3. The van der Waals surface area contributed by atoms with Gasteiger partial charge in [-0.2, -0.15) is 0 Å². The zero-order valence-corrected chi connectivity index (χ0v) is 15.8. The molecular weight excluding hydrogens is 316 g/mol. The van der Waals surface area contributed by atoms with Crippen LogP contribution in [0.5, 0.6) is 5.75 Å². The van der Waals surface area contributed by atoms with Gasteiger partial charge in [0, 0.05) is 17.4 Å². The molecule has 0 N–H and O–H groups in total. The molecule has 0 saturated carbocycles. The number of ether oxygens (including phenoxy) is 1. The van der Waals surface area contributed by atoms with Crippen molar-refractivity contribution in [2.24, 2.45) is 0 Å². The summed E-state index contributed by atoms with van der Waals surface area (Å²) in [5, 5.41) is 0. The van der Waals surface area contributed by atoms with Gasteiger partial charge in [0.25, 0.3) is 0 Å². The molecule has 0 radical (unpaired) electrons. The summed E-state index contributed by atoms with van der Waals surface area (Å²) in [4.78, 5) is 0. The highest BCUT2D eigenvalue weighted by Crippen LogP contribution is 2.40. The lowest BCUT2D eigenvalue weighted by atomic mass is 9.78. The molecule has 3 unspecified atom stereocenters. The summed E-state index contributed by atoms with van der Waals surface area (Å²) in [6.07, 6.45) is 12.6. The van der Waals surface area contributed by atoms with Crippen LogP contribution in [0, 0.1) is 6.92 Å². The molecule has 1 nitrogen and oxygen atoms in total. The quantitative estimate of drug-likeness (QED) is 0.554. The predicted molar refractivity (Wildman–Crippen MR) is 109 cm³/mol. The van der Waals surface area contributed by atoms with E-state index in [4.69, 9.17) is 4.74 Å². The third-order valence-electron chi connectivity index (χ3n) is 5.80. The van der Waals surface area contributed by atoms with E-state index in [0.717, 1.165) is 25.2 Å². The molecular formula is C25H28O. The molecule has 2 aliphatic rings. The van der Waals surface area contributed by atoms with Crippen LogP contribution in [0.3, 0.4) is 0 Å². The fraction of sp³-hybridized carbons (Fsp3) is 0.360. The molecule has 1 aliphatic carbocycles. The summed E-state index contributed by atoms with van der Waals surface area (Å²) in [6.45, 7) is 5.19. The third kappa shape index (κ3) is 3.62. The van der Waals surface area contributed by atoms with Crippen molar-refractivity contribution in [3.8, 4) is 5.75 Å². The summed E-state index contributed by atoms with van der Waals surface area (Å²) in [6, 6.07) is 15.9. The lowest BCUT2D eigenvalue weighted by molar-refractivity contribution is 0.318. The van der Waals surface area contributed by atoms with Gasteiger partial charge in [-0.1, -0.05) is 73.2 Å². The minimum absolute atomic E-state index is 0.414. The Morgan fingerprint density at radius 3 is 2.58 bits per heavy atom. The average molecular weight is 344 g/mol. The van der Waals surface area contributed by atoms with Crippen molar-refractivity contribution in [1.29, 1.82) is 0 Å². The van der Waals surface area contributed by atoms with Crippen LogP contribution in [0.25, 0.3) is 0 Å². The second-order valence-corrected chi connectivity index (χ2v) is 7.76. The number of aryl methyl sites for hydroxylation is 1. The van der Waals surface area contributed by atoms with Gasteiger partial charge in [0.05, 0.1) is 6.61 Å². The molecule has 2 aromatic rings. The fourth-order valence-corrected chi connectivity index (χ4v) is 4.17. The summed E-state index contributed by atoms with van der Waals surface area (Å²) in [7, 11) is 0. The summed E-state index contributed by atoms with van der Waals surface area (Å²) in [5.74, 6) is 2.58. The Morgan fingerprint density at radius 1 is 0.923 bits per heavy atom. The molecule has 0 saturated heterocycles. The van der Waals surface area contributed by atoms with E-state index in [-0.39, 0.29) is 0 Å². The Kier molecular flexibility index (Phi) is 4.97. The molecule has 2 aromatic carbocycles. The van der Waals surface area contributed by atoms with Crippen LogP contribution in [-0.4, -0.2) is 6.61 Å². The Hall–Kier alpha value is -2.28. The molecule has 1 heterocycles. The van der Waals surface area contributed by atoms with E-state index >= 15 is 0 Å². The van der Waals surface area contributed by atoms with Crippen LogP contribution in [0.2, 0.25) is 0 Å². The predicted octanol–water partition coefficient (Wildman–Crippen LogP) is 6.65. The van der Waals surface area contributed by atoms with Gasteiger partial charge in [0.2, 0.25) is 0 Å². The summed E-state index contributed by atoms with van der Waals surface area (Å²) < 4.78 is 5.98. The highest BCUT2D eigenvalue weighted by atomic mass is 16.5. The molecule has 26 heavy (non-hydrogen) atoms. The van der Waals surface area contributed by atoms with Gasteiger partial charge >= 0.3 is 0 Å². The monoisotopic (exact) mass is 344 g/mol. The molecule has 0 fully saturated rings. The van der Waals surface area contributed by atoms with E-state index < -0.39 is 0 Å². The second-order valence-electron chi connectivity index (χ2n) is 7.76. The SMILES string of the molecule is Cc1ccc(C2C=CCC(c3ccc4c(c3)C(C)/C=C\CCO4)C2)cc1. The molecule has 0 amide bonds. The van der Waals surface area contributed by atoms with E-state index in [9.17, 15) is 0 Å². The fourth-order valence-electron chi connectivity index (χ4n) is 4.17. The number of allylic oxidation sites excluding steroid dienone is 3. The number of hydrogen-bond acceptors (Lipinski definition) is 1. The standard InChI is InChI=1S/C25H28O/c1-18-9-11-20(12-10-18)21-7-5-8-22(16-21)23-13-14-25-24(17-23)19(2)6-3-4-15-26-25/h3,5-7,9-14,17,19,21-22H,4,8,15-16H2,1-2H3/b6-3-. The van der Waals surface area contributed by atoms with Gasteiger partial charge in [0.1, 0.15) is 5.75 Å². The Labute approximate surface area is 157 Å². The van der Waals surface area contributed by atoms with E-state index in [1.165, 1.54) is 28.7 Å². The molecule has 3 atom stereocenters. The van der Waals surface area contributed by atoms with Gasteiger partial charge in [-0.25, -0.2) is 0 Å². The van der Waals surface area contributed by atoms with Crippen LogP contribution in [-0.2, 0) is 0 Å². The van der Waals surface area contributed by atoms with Crippen molar-refractivity contribution in [1.82, 2.24) is 0 Å². The summed E-state index contributed by atoms with van der Waals surface area (Å²) in [5.41, 5.74) is 5.55. The Morgan fingerprint density at radius 2 is 1.73 bits per heavy atom. The van der Waals surface area contributed by atoms with E-state index in [0.29, 0.717) is 17.8 Å². The van der Waals surface area contributed by atoms with Crippen molar-refractivity contribution in [2.45, 2.75) is 50.9 Å². The van der Waals surface area contributed by atoms with Gasteiger partial charge < -0.3 is 4.74 Å². The van der Waals surface area contributed by atoms with Gasteiger partial charge in [-0.15, -0.1) is 0 Å². The Bertz CT molecular complexity index is 813. The molecule has 1 aliphatic heterocycles. The molecule has 134 valence electrons. The number of rotatable bonds is 2. The van der Waals surface area contributed by atoms with Crippen LogP contribution in [0.1, 0.15) is 66.2 Å². The average Bonchev–Trinajstić information content (AvgIpc) is 2.67. The van der Waals surface area contributed by atoms with Crippen molar-refractivity contribution in [3.05, 3.63) is 89.0 Å². The molecule has 0 bridgehead atoms.